The number of nitrogens with one attached hydrogen (secondary N) is 2. The van der Waals surface area contributed by atoms with Gasteiger partial charge in [0.25, 0.3) is 0 Å². The summed E-state index contributed by atoms with van der Waals surface area (Å²) in [6, 6.07) is 3.69. The minimum absolute atomic E-state index is 0.192. The fourth-order valence-corrected chi connectivity index (χ4v) is 1.87. The monoisotopic (exact) mass is 287 g/mol. The average Bonchev–Trinajstić information content (AvgIpc) is 2.35. The normalized spacial score (nSPS) is 11.8. The van der Waals surface area contributed by atoms with Gasteiger partial charge in [0.15, 0.2) is 0 Å². The van der Waals surface area contributed by atoms with Crippen LogP contribution >= 0.6 is 11.6 Å². The highest BCUT2D eigenvalue weighted by Gasteiger charge is 2.16. The molecule has 4 N–H and O–H groups in total. The van der Waals surface area contributed by atoms with E-state index in [4.69, 9.17) is 17.3 Å². The Bertz CT molecular complexity index is 462. The third kappa shape index (κ3) is 4.50. The molecule has 0 bridgehead atoms. The lowest BCUT2D eigenvalue weighted by Gasteiger charge is -2.16. The highest BCUT2D eigenvalue weighted by molar-refractivity contribution is 6.31. The summed E-state index contributed by atoms with van der Waals surface area (Å²) in [5, 5.41) is 5.09. The average molecular weight is 288 g/mol. The molecule has 5 nitrogen and oxygen atoms in total. The number of nitrogens with two attached hydrogens (primary N) is 1. The molecular weight excluding hydrogens is 273 g/mol. The summed E-state index contributed by atoms with van der Waals surface area (Å²) >= 11 is 5.88. The summed E-state index contributed by atoms with van der Waals surface area (Å²) in [6.45, 7) is 1.20. The van der Waals surface area contributed by atoms with Crippen molar-refractivity contribution >= 4 is 23.4 Å². The molecule has 0 heterocycles. The van der Waals surface area contributed by atoms with Gasteiger partial charge in [0.2, 0.25) is 11.8 Å². The van der Waals surface area contributed by atoms with Crippen LogP contribution < -0.4 is 16.4 Å². The lowest BCUT2D eigenvalue weighted by Crippen LogP contribution is -2.40. The fourth-order valence-electron chi connectivity index (χ4n) is 1.54. The van der Waals surface area contributed by atoms with Gasteiger partial charge in [0.05, 0.1) is 19.1 Å². The van der Waals surface area contributed by atoms with Crippen LogP contribution in [-0.2, 0) is 9.59 Å². The third-order valence-corrected chi connectivity index (χ3v) is 2.77. The SMILES string of the molecule is CC(NC(=O)CNC(=O)CN)c1c(F)cccc1Cl. The van der Waals surface area contributed by atoms with Crippen molar-refractivity contribution in [2.24, 2.45) is 5.73 Å². The second-order valence-corrected chi connectivity index (χ2v) is 4.31. The van der Waals surface area contributed by atoms with Gasteiger partial charge in [0.1, 0.15) is 5.82 Å². The minimum Gasteiger partial charge on any atom is -0.348 e. The van der Waals surface area contributed by atoms with Crippen LogP contribution in [0, 0.1) is 5.82 Å². The quantitative estimate of drug-likeness (QED) is 0.746. The van der Waals surface area contributed by atoms with Crippen LogP contribution in [0.4, 0.5) is 4.39 Å². The maximum Gasteiger partial charge on any atom is 0.239 e. The first-order valence-corrected chi connectivity index (χ1v) is 6.03. The van der Waals surface area contributed by atoms with E-state index < -0.39 is 23.7 Å². The number of hydrogen-bond acceptors (Lipinski definition) is 3. The molecular formula is C12H15ClFN3O2. The van der Waals surface area contributed by atoms with Gasteiger partial charge in [-0.25, -0.2) is 4.39 Å². The first-order chi connectivity index (χ1) is 8.95. The molecule has 0 saturated carbocycles. The second kappa shape index (κ2) is 7.06. The molecule has 0 spiro atoms. The lowest BCUT2D eigenvalue weighted by atomic mass is 10.1. The topological polar surface area (TPSA) is 84.2 Å². The van der Waals surface area contributed by atoms with Gasteiger partial charge >= 0.3 is 0 Å². The van der Waals surface area contributed by atoms with Gasteiger partial charge in [-0.15, -0.1) is 0 Å². The lowest BCUT2D eigenvalue weighted by molar-refractivity contribution is -0.125. The Kier molecular flexibility index (Phi) is 5.72. The third-order valence-electron chi connectivity index (χ3n) is 2.44. The Hall–Kier alpha value is -1.66. The highest BCUT2D eigenvalue weighted by Crippen LogP contribution is 2.25. The first-order valence-electron chi connectivity index (χ1n) is 5.65. The molecule has 0 saturated heterocycles. The van der Waals surface area contributed by atoms with Crippen molar-refractivity contribution in [3.05, 3.63) is 34.6 Å². The van der Waals surface area contributed by atoms with Gasteiger partial charge in [0, 0.05) is 10.6 Å². The Morgan fingerprint density at radius 2 is 2.11 bits per heavy atom. The van der Waals surface area contributed by atoms with E-state index in [0.717, 1.165) is 0 Å². The molecule has 104 valence electrons. The van der Waals surface area contributed by atoms with Crippen molar-refractivity contribution in [1.29, 1.82) is 0 Å². The Morgan fingerprint density at radius 3 is 2.68 bits per heavy atom. The number of rotatable bonds is 5. The van der Waals surface area contributed by atoms with E-state index in [1.807, 2.05) is 0 Å². The van der Waals surface area contributed by atoms with Gasteiger partial charge in [-0.3, -0.25) is 9.59 Å². The fraction of sp³-hybridized carbons (Fsp3) is 0.333. The number of carbonyl (C=O) groups is 2. The van der Waals surface area contributed by atoms with Gasteiger partial charge < -0.3 is 16.4 Å². The van der Waals surface area contributed by atoms with Crippen LogP contribution in [0.25, 0.3) is 0 Å². The van der Waals surface area contributed by atoms with Crippen LogP contribution in [0.3, 0.4) is 0 Å². The van der Waals surface area contributed by atoms with Crippen molar-refractivity contribution < 1.29 is 14.0 Å². The number of halogens is 2. The summed E-state index contributed by atoms with van der Waals surface area (Å²) < 4.78 is 13.6. The van der Waals surface area contributed by atoms with E-state index >= 15 is 0 Å². The summed E-state index contributed by atoms with van der Waals surface area (Å²) in [6.07, 6.45) is 0. The van der Waals surface area contributed by atoms with E-state index in [0.29, 0.717) is 0 Å². The van der Waals surface area contributed by atoms with Gasteiger partial charge in [-0.1, -0.05) is 17.7 Å². The van der Waals surface area contributed by atoms with Crippen LogP contribution in [-0.4, -0.2) is 24.9 Å². The molecule has 1 aromatic carbocycles. The summed E-state index contributed by atoms with van der Waals surface area (Å²) in [5.41, 5.74) is 5.29. The van der Waals surface area contributed by atoms with E-state index in [9.17, 15) is 14.0 Å². The number of carbonyl (C=O) groups excluding carboxylic acids is 2. The minimum atomic E-state index is -0.601. The summed E-state index contributed by atoms with van der Waals surface area (Å²) in [7, 11) is 0. The molecule has 0 aromatic heterocycles. The van der Waals surface area contributed by atoms with E-state index in [-0.39, 0.29) is 23.7 Å². The molecule has 0 radical (unpaired) electrons. The van der Waals surface area contributed by atoms with Crippen molar-refractivity contribution in [3.63, 3.8) is 0 Å². The Morgan fingerprint density at radius 1 is 1.42 bits per heavy atom. The first kappa shape index (κ1) is 15.4. The van der Waals surface area contributed by atoms with Crippen LogP contribution in [0.2, 0.25) is 5.02 Å². The number of benzene rings is 1. The van der Waals surface area contributed by atoms with Crippen LogP contribution in [0.1, 0.15) is 18.5 Å². The molecule has 19 heavy (non-hydrogen) atoms. The standard InChI is InChI=1S/C12H15ClFN3O2/c1-7(12-8(13)3-2-4-9(12)14)17-11(19)6-16-10(18)5-15/h2-4,7H,5-6,15H2,1H3,(H,16,18)(H,17,19). The summed E-state index contributed by atoms with van der Waals surface area (Å²) in [4.78, 5) is 22.4. The summed E-state index contributed by atoms with van der Waals surface area (Å²) in [5.74, 6) is -1.38. The molecule has 7 heteroatoms. The molecule has 1 unspecified atom stereocenters. The molecule has 1 atom stereocenters. The van der Waals surface area contributed by atoms with E-state index in [2.05, 4.69) is 10.6 Å². The Balaban J connectivity index is 2.62. The van der Waals surface area contributed by atoms with Crippen LogP contribution in [0.5, 0.6) is 0 Å². The molecule has 0 aliphatic carbocycles. The molecule has 1 aromatic rings. The Labute approximate surface area is 115 Å². The largest absolute Gasteiger partial charge is 0.348 e. The van der Waals surface area contributed by atoms with E-state index in [1.54, 1.807) is 13.0 Å². The predicted molar refractivity (Wildman–Crippen MR) is 70.0 cm³/mol. The van der Waals surface area contributed by atoms with Crippen molar-refractivity contribution in [1.82, 2.24) is 10.6 Å². The predicted octanol–water partition coefficient (Wildman–Crippen LogP) is 0.731. The second-order valence-electron chi connectivity index (χ2n) is 3.91. The highest BCUT2D eigenvalue weighted by atomic mass is 35.5. The molecule has 0 aliphatic heterocycles. The van der Waals surface area contributed by atoms with Gasteiger partial charge in [-0.2, -0.15) is 0 Å². The molecule has 1 rings (SSSR count). The molecule has 2 amide bonds. The zero-order valence-electron chi connectivity index (χ0n) is 10.4. The molecule has 0 aliphatic rings. The number of amides is 2. The maximum absolute atomic E-state index is 13.6. The van der Waals surface area contributed by atoms with Crippen molar-refractivity contribution in [2.75, 3.05) is 13.1 Å². The molecule has 0 fully saturated rings. The smallest absolute Gasteiger partial charge is 0.239 e. The van der Waals surface area contributed by atoms with Crippen molar-refractivity contribution in [2.45, 2.75) is 13.0 Å². The van der Waals surface area contributed by atoms with Gasteiger partial charge in [-0.05, 0) is 19.1 Å². The zero-order chi connectivity index (χ0) is 14.4. The number of hydrogen-bond donors (Lipinski definition) is 3. The van der Waals surface area contributed by atoms with Crippen LogP contribution in [0.15, 0.2) is 18.2 Å². The zero-order valence-corrected chi connectivity index (χ0v) is 11.1. The van der Waals surface area contributed by atoms with Crippen molar-refractivity contribution in [3.8, 4) is 0 Å². The maximum atomic E-state index is 13.6. The van der Waals surface area contributed by atoms with E-state index in [1.165, 1.54) is 12.1 Å².